The minimum atomic E-state index is -3.90. The molecule has 5 nitrogen and oxygen atoms in total. The second-order valence-corrected chi connectivity index (χ2v) is 7.22. The van der Waals surface area contributed by atoms with Gasteiger partial charge in [-0.25, -0.2) is 4.18 Å². The number of hydrogen-bond acceptors (Lipinski definition) is 5. The fraction of sp³-hybridized carbons (Fsp3) is 0.571. The Morgan fingerprint density at radius 3 is 2.10 bits per heavy atom. The van der Waals surface area contributed by atoms with Crippen molar-refractivity contribution < 1.29 is 12.6 Å². The summed E-state index contributed by atoms with van der Waals surface area (Å²) in [5, 5.41) is 0. The van der Waals surface area contributed by atoms with Crippen molar-refractivity contribution >= 4 is 15.8 Å². The van der Waals surface area contributed by atoms with Crippen molar-refractivity contribution in [2.45, 2.75) is 38.8 Å². The van der Waals surface area contributed by atoms with E-state index in [0.29, 0.717) is 5.69 Å². The van der Waals surface area contributed by atoms with Crippen molar-refractivity contribution in [1.29, 1.82) is 0 Å². The first-order chi connectivity index (χ1) is 9.15. The normalized spacial score (nSPS) is 14.2. The highest BCUT2D eigenvalue weighted by atomic mass is 32.2. The van der Waals surface area contributed by atoms with Gasteiger partial charge in [0.2, 0.25) is 0 Å². The van der Waals surface area contributed by atoms with E-state index in [1.807, 2.05) is 27.7 Å². The first kappa shape index (κ1) is 16.9. The van der Waals surface area contributed by atoms with Gasteiger partial charge in [-0.15, -0.1) is 0 Å². The summed E-state index contributed by atoms with van der Waals surface area (Å²) in [7, 11) is -3.90. The first-order valence-corrected chi connectivity index (χ1v) is 8.10. The molecule has 0 saturated carbocycles. The van der Waals surface area contributed by atoms with Gasteiger partial charge in [0.15, 0.2) is 0 Å². The van der Waals surface area contributed by atoms with Gasteiger partial charge >= 0.3 is 0 Å². The molecule has 4 N–H and O–H groups in total. The molecule has 1 atom stereocenters. The SMILES string of the molecule is CC(C)C(C(C)C)C(N)OS(=O)(=O)c1cccc(N)c1. The van der Waals surface area contributed by atoms with Crippen molar-refractivity contribution in [3.05, 3.63) is 24.3 Å². The van der Waals surface area contributed by atoms with Gasteiger partial charge in [-0.3, -0.25) is 0 Å². The molecule has 0 fully saturated rings. The molecule has 0 saturated heterocycles. The molecular weight excluding hydrogens is 276 g/mol. The van der Waals surface area contributed by atoms with Crippen LogP contribution in [0, 0.1) is 17.8 Å². The van der Waals surface area contributed by atoms with Gasteiger partial charge in [0, 0.05) is 11.6 Å². The van der Waals surface area contributed by atoms with E-state index in [0.717, 1.165) is 0 Å². The molecule has 0 heterocycles. The van der Waals surface area contributed by atoms with Crippen molar-refractivity contribution in [2.24, 2.45) is 23.5 Å². The van der Waals surface area contributed by atoms with E-state index >= 15 is 0 Å². The Morgan fingerprint density at radius 1 is 1.10 bits per heavy atom. The Labute approximate surface area is 121 Å². The van der Waals surface area contributed by atoms with Gasteiger partial charge in [-0.05, 0) is 30.0 Å². The van der Waals surface area contributed by atoms with Crippen molar-refractivity contribution in [3.63, 3.8) is 0 Å². The van der Waals surface area contributed by atoms with Crippen LogP contribution in [0.4, 0.5) is 5.69 Å². The molecule has 114 valence electrons. The summed E-state index contributed by atoms with van der Waals surface area (Å²) in [5.41, 5.74) is 11.9. The lowest BCUT2D eigenvalue weighted by atomic mass is 9.84. The van der Waals surface area contributed by atoms with Crippen LogP contribution in [0.15, 0.2) is 29.2 Å². The topological polar surface area (TPSA) is 95.4 Å². The van der Waals surface area contributed by atoms with E-state index in [9.17, 15) is 8.42 Å². The summed E-state index contributed by atoms with van der Waals surface area (Å²) in [4.78, 5) is 0.0270. The van der Waals surface area contributed by atoms with E-state index in [-0.39, 0.29) is 22.6 Å². The molecule has 0 aliphatic carbocycles. The van der Waals surface area contributed by atoms with Crippen LogP contribution in [0.1, 0.15) is 27.7 Å². The molecule has 1 aromatic carbocycles. The third-order valence-corrected chi connectivity index (χ3v) is 4.61. The highest BCUT2D eigenvalue weighted by Gasteiger charge is 2.30. The molecule has 1 unspecified atom stereocenters. The highest BCUT2D eigenvalue weighted by molar-refractivity contribution is 7.86. The second-order valence-electron chi connectivity index (χ2n) is 5.65. The Balaban J connectivity index is 2.96. The standard InChI is InChI=1S/C14H24N2O3S/c1-9(2)13(10(3)4)14(16)19-20(17,18)12-7-5-6-11(15)8-12/h5-10,13-14H,15-16H2,1-4H3. The molecule has 0 aliphatic heterocycles. The average molecular weight is 300 g/mol. The van der Waals surface area contributed by atoms with Crippen LogP contribution < -0.4 is 11.5 Å². The molecule has 0 aliphatic rings. The predicted octanol–water partition coefficient (Wildman–Crippen LogP) is 2.19. The molecular formula is C14H24N2O3S. The van der Waals surface area contributed by atoms with Crippen molar-refractivity contribution in [3.8, 4) is 0 Å². The van der Waals surface area contributed by atoms with Crippen LogP contribution in [0.25, 0.3) is 0 Å². The predicted molar refractivity (Wildman–Crippen MR) is 80.3 cm³/mol. The molecule has 0 radical (unpaired) electrons. The van der Waals surface area contributed by atoms with Crippen LogP contribution in [0.5, 0.6) is 0 Å². The van der Waals surface area contributed by atoms with Crippen molar-refractivity contribution in [1.82, 2.24) is 0 Å². The summed E-state index contributed by atoms with van der Waals surface area (Å²) in [6.45, 7) is 8.00. The zero-order valence-corrected chi connectivity index (χ0v) is 13.2. The smallest absolute Gasteiger partial charge is 0.298 e. The largest absolute Gasteiger partial charge is 0.399 e. The maximum Gasteiger partial charge on any atom is 0.298 e. The Bertz CT molecular complexity index is 533. The number of anilines is 1. The molecule has 20 heavy (non-hydrogen) atoms. The number of nitrogen functional groups attached to an aromatic ring is 1. The van der Waals surface area contributed by atoms with E-state index in [2.05, 4.69) is 0 Å². The van der Waals surface area contributed by atoms with Gasteiger partial charge < -0.3 is 11.5 Å². The molecule has 1 aromatic rings. The quantitative estimate of drug-likeness (QED) is 0.477. The zero-order chi connectivity index (χ0) is 15.5. The maximum absolute atomic E-state index is 12.2. The molecule has 6 heteroatoms. The maximum atomic E-state index is 12.2. The van der Waals surface area contributed by atoms with Gasteiger partial charge in [0.05, 0.1) is 4.90 Å². The first-order valence-electron chi connectivity index (χ1n) is 6.69. The second kappa shape index (κ2) is 6.56. The van der Waals surface area contributed by atoms with Gasteiger partial charge in [0.1, 0.15) is 6.23 Å². The van der Waals surface area contributed by atoms with E-state index in [1.165, 1.54) is 12.1 Å². The van der Waals surface area contributed by atoms with Crippen LogP contribution >= 0.6 is 0 Å². The molecule has 0 spiro atoms. The molecule has 0 aromatic heterocycles. The summed E-state index contributed by atoms with van der Waals surface area (Å²) >= 11 is 0. The summed E-state index contributed by atoms with van der Waals surface area (Å²) in [6, 6.07) is 5.99. The summed E-state index contributed by atoms with van der Waals surface area (Å²) in [5.74, 6) is 0.396. The summed E-state index contributed by atoms with van der Waals surface area (Å²) in [6.07, 6.45) is -0.874. The highest BCUT2D eigenvalue weighted by Crippen LogP contribution is 2.26. The van der Waals surface area contributed by atoms with Crippen LogP contribution in [0.3, 0.4) is 0 Å². The molecule has 0 bridgehead atoms. The van der Waals surface area contributed by atoms with E-state index in [4.69, 9.17) is 15.7 Å². The zero-order valence-electron chi connectivity index (χ0n) is 12.4. The third-order valence-electron chi connectivity index (χ3n) is 3.30. The summed E-state index contributed by atoms with van der Waals surface area (Å²) < 4.78 is 29.5. The third kappa shape index (κ3) is 4.19. The molecule has 1 rings (SSSR count). The minimum Gasteiger partial charge on any atom is -0.399 e. The fourth-order valence-corrected chi connectivity index (χ4v) is 3.52. The van der Waals surface area contributed by atoms with Crippen LogP contribution in [0.2, 0.25) is 0 Å². The number of hydrogen-bond donors (Lipinski definition) is 2. The Kier molecular flexibility index (Phi) is 5.56. The van der Waals surface area contributed by atoms with E-state index in [1.54, 1.807) is 12.1 Å². The number of rotatable bonds is 6. The van der Waals surface area contributed by atoms with Gasteiger partial charge in [-0.2, -0.15) is 8.42 Å². The lowest BCUT2D eigenvalue weighted by Gasteiger charge is -2.30. The Morgan fingerprint density at radius 2 is 1.65 bits per heavy atom. The van der Waals surface area contributed by atoms with E-state index < -0.39 is 16.3 Å². The monoisotopic (exact) mass is 300 g/mol. The van der Waals surface area contributed by atoms with Gasteiger partial charge in [0.25, 0.3) is 10.1 Å². The van der Waals surface area contributed by atoms with Gasteiger partial charge in [-0.1, -0.05) is 33.8 Å². The average Bonchev–Trinajstić information content (AvgIpc) is 2.26. The minimum absolute atomic E-state index is 0.0270. The fourth-order valence-electron chi connectivity index (χ4n) is 2.46. The number of nitrogens with two attached hydrogens (primary N) is 2. The lowest BCUT2D eigenvalue weighted by Crippen LogP contribution is -2.40. The molecule has 0 amide bonds. The van der Waals surface area contributed by atoms with Crippen LogP contribution in [-0.2, 0) is 14.3 Å². The van der Waals surface area contributed by atoms with Crippen molar-refractivity contribution in [2.75, 3.05) is 5.73 Å². The number of benzene rings is 1. The van der Waals surface area contributed by atoms with Crippen LogP contribution in [-0.4, -0.2) is 14.6 Å². The lowest BCUT2D eigenvalue weighted by molar-refractivity contribution is 0.0845. The Hall–Kier alpha value is -1.11.